The molecule has 0 fully saturated rings. The number of nitrogens with one attached hydrogen (secondary N) is 1. The molecule has 0 radical (unpaired) electrons. The summed E-state index contributed by atoms with van der Waals surface area (Å²) in [6, 6.07) is 12.5. The van der Waals surface area contributed by atoms with Gasteiger partial charge < -0.3 is 9.15 Å². The van der Waals surface area contributed by atoms with Gasteiger partial charge in [0.25, 0.3) is 0 Å². The van der Waals surface area contributed by atoms with Crippen LogP contribution in [0.4, 0.5) is 10.5 Å². The number of nitrogens with zero attached hydrogens (tertiary/aromatic N) is 1. The van der Waals surface area contributed by atoms with Crippen molar-refractivity contribution < 1.29 is 13.9 Å². The predicted molar refractivity (Wildman–Crippen MR) is 80.5 cm³/mol. The van der Waals surface area contributed by atoms with E-state index < -0.39 is 6.09 Å². The summed E-state index contributed by atoms with van der Waals surface area (Å²) in [5.41, 5.74) is 2.56. The average Bonchev–Trinajstić information content (AvgIpc) is 2.92. The molecule has 0 aliphatic carbocycles. The van der Waals surface area contributed by atoms with E-state index >= 15 is 0 Å². The van der Waals surface area contributed by atoms with Gasteiger partial charge in [0.1, 0.15) is 5.52 Å². The van der Waals surface area contributed by atoms with Crippen molar-refractivity contribution in [3.63, 3.8) is 0 Å². The zero-order valence-corrected chi connectivity index (χ0v) is 11.8. The third-order valence-electron chi connectivity index (χ3n) is 2.92. The summed E-state index contributed by atoms with van der Waals surface area (Å²) >= 11 is 6.18. The van der Waals surface area contributed by atoms with Gasteiger partial charge in [-0.25, -0.2) is 9.78 Å². The number of methoxy groups -OCH3 is 1. The van der Waals surface area contributed by atoms with Crippen LogP contribution in [0.1, 0.15) is 0 Å². The number of carbonyl (C=O) groups excluding carboxylic acids is 1. The van der Waals surface area contributed by atoms with Gasteiger partial charge in [-0.15, -0.1) is 0 Å². The van der Waals surface area contributed by atoms with E-state index in [1.165, 1.54) is 7.11 Å². The number of carbonyl (C=O) groups is 1. The molecule has 2 aromatic carbocycles. The van der Waals surface area contributed by atoms with E-state index in [2.05, 4.69) is 15.0 Å². The number of aromatic nitrogens is 1. The quantitative estimate of drug-likeness (QED) is 0.765. The van der Waals surface area contributed by atoms with Crippen molar-refractivity contribution in [2.24, 2.45) is 0 Å². The number of oxazole rings is 1. The highest BCUT2D eigenvalue weighted by Gasteiger charge is 2.13. The van der Waals surface area contributed by atoms with Crippen LogP contribution >= 0.6 is 11.6 Å². The minimum absolute atomic E-state index is 0.398. The lowest BCUT2D eigenvalue weighted by Gasteiger charge is -2.06. The number of para-hydroxylation sites is 2. The normalized spacial score (nSPS) is 10.6. The first-order valence-corrected chi connectivity index (χ1v) is 6.55. The van der Waals surface area contributed by atoms with Gasteiger partial charge in [-0.2, -0.15) is 0 Å². The Kier molecular flexibility index (Phi) is 3.50. The molecule has 0 unspecified atom stereocenters. The first-order valence-electron chi connectivity index (χ1n) is 6.18. The highest BCUT2D eigenvalue weighted by molar-refractivity contribution is 6.33. The van der Waals surface area contributed by atoms with Crippen LogP contribution < -0.4 is 5.32 Å². The Morgan fingerprint density at radius 2 is 2.10 bits per heavy atom. The average molecular weight is 303 g/mol. The maximum absolute atomic E-state index is 11.2. The summed E-state index contributed by atoms with van der Waals surface area (Å²) in [5, 5.41) is 3.06. The molecule has 3 aromatic rings. The van der Waals surface area contributed by atoms with Crippen molar-refractivity contribution in [3.05, 3.63) is 47.5 Å². The van der Waals surface area contributed by atoms with Gasteiger partial charge in [-0.1, -0.05) is 23.7 Å². The summed E-state index contributed by atoms with van der Waals surface area (Å²) in [7, 11) is 1.30. The molecule has 6 heteroatoms. The van der Waals surface area contributed by atoms with E-state index in [1.54, 1.807) is 18.2 Å². The zero-order valence-electron chi connectivity index (χ0n) is 11.1. The maximum atomic E-state index is 11.2. The second-order valence-corrected chi connectivity index (χ2v) is 4.71. The summed E-state index contributed by atoms with van der Waals surface area (Å²) in [5.74, 6) is 0.398. The molecule has 0 saturated heterocycles. The lowest BCUT2D eigenvalue weighted by atomic mass is 10.2. The van der Waals surface area contributed by atoms with Crippen LogP contribution in [0.3, 0.4) is 0 Å². The Morgan fingerprint density at radius 1 is 1.29 bits per heavy atom. The molecule has 0 spiro atoms. The van der Waals surface area contributed by atoms with Crippen molar-refractivity contribution >= 4 is 34.5 Å². The monoisotopic (exact) mass is 302 g/mol. The number of fused-ring (bicyclic) bond motifs is 1. The van der Waals surface area contributed by atoms with Crippen LogP contribution in [-0.4, -0.2) is 18.2 Å². The van der Waals surface area contributed by atoms with E-state index in [0.29, 0.717) is 27.7 Å². The molecular formula is C15H11ClN2O3. The highest BCUT2D eigenvalue weighted by Crippen LogP contribution is 2.32. The van der Waals surface area contributed by atoms with E-state index in [1.807, 2.05) is 24.3 Å². The SMILES string of the molecule is COC(=O)Nc1ccc(Cl)c(-c2nc3ccccc3o2)c1. The number of ether oxygens (including phenoxy) is 1. The summed E-state index contributed by atoms with van der Waals surface area (Å²) < 4.78 is 10.2. The Morgan fingerprint density at radius 3 is 2.86 bits per heavy atom. The molecule has 5 nitrogen and oxygen atoms in total. The molecule has 0 atom stereocenters. The van der Waals surface area contributed by atoms with Gasteiger partial charge in [-0.05, 0) is 30.3 Å². The van der Waals surface area contributed by atoms with Crippen molar-refractivity contribution in [3.8, 4) is 11.5 Å². The molecule has 0 aliphatic rings. The van der Waals surface area contributed by atoms with Crippen LogP contribution in [0.25, 0.3) is 22.6 Å². The Balaban J connectivity index is 2.04. The fourth-order valence-corrected chi connectivity index (χ4v) is 2.12. The molecule has 106 valence electrons. The number of amides is 1. The molecular weight excluding hydrogens is 292 g/mol. The number of hydrogen-bond donors (Lipinski definition) is 1. The Hall–Kier alpha value is -2.53. The van der Waals surface area contributed by atoms with Crippen molar-refractivity contribution in [1.29, 1.82) is 0 Å². The molecule has 1 N–H and O–H groups in total. The van der Waals surface area contributed by atoms with Crippen LogP contribution in [0.15, 0.2) is 46.9 Å². The van der Waals surface area contributed by atoms with Gasteiger partial charge in [0.15, 0.2) is 5.58 Å². The highest BCUT2D eigenvalue weighted by atomic mass is 35.5. The third-order valence-corrected chi connectivity index (χ3v) is 3.25. The lowest BCUT2D eigenvalue weighted by molar-refractivity contribution is 0.187. The first-order chi connectivity index (χ1) is 10.2. The first kappa shape index (κ1) is 13.5. The van der Waals surface area contributed by atoms with Crippen LogP contribution in [0.5, 0.6) is 0 Å². The molecule has 1 aromatic heterocycles. The van der Waals surface area contributed by atoms with E-state index in [-0.39, 0.29) is 0 Å². The smallest absolute Gasteiger partial charge is 0.411 e. The zero-order chi connectivity index (χ0) is 14.8. The summed E-state index contributed by atoms with van der Waals surface area (Å²) in [6.07, 6.45) is -0.555. The van der Waals surface area contributed by atoms with E-state index in [9.17, 15) is 4.79 Å². The van der Waals surface area contributed by atoms with Crippen molar-refractivity contribution in [1.82, 2.24) is 4.98 Å². The fraction of sp³-hybridized carbons (Fsp3) is 0.0667. The van der Waals surface area contributed by atoms with Gasteiger partial charge >= 0.3 is 6.09 Å². The van der Waals surface area contributed by atoms with E-state index in [4.69, 9.17) is 16.0 Å². The minimum atomic E-state index is -0.555. The van der Waals surface area contributed by atoms with Crippen molar-refractivity contribution in [2.75, 3.05) is 12.4 Å². The van der Waals surface area contributed by atoms with Crippen LogP contribution in [-0.2, 0) is 4.74 Å². The van der Waals surface area contributed by atoms with Gasteiger partial charge in [0.05, 0.1) is 17.7 Å². The molecule has 1 amide bonds. The van der Waals surface area contributed by atoms with Crippen molar-refractivity contribution in [2.45, 2.75) is 0 Å². The molecule has 0 aliphatic heterocycles. The molecule has 0 saturated carbocycles. The standard InChI is InChI=1S/C15H11ClN2O3/c1-20-15(19)17-9-6-7-11(16)10(8-9)14-18-12-4-2-3-5-13(12)21-14/h2-8H,1H3,(H,17,19). The lowest BCUT2D eigenvalue weighted by Crippen LogP contribution is -2.10. The molecule has 0 bridgehead atoms. The van der Waals surface area contributed by atoms with E-state index in [0.717, 1.165) is 5.52 Å². The second kappa shape index (κ2) is 5.46. The minimum Gasteiger partial charge on any atom is -0.453 e. The largest absolute Gasteiger partial charge is 0.453 e. The maximum Gasteiger partial charge on any atom is 0.411 e. The van der Waals surface area contributed by atoms with Crippen LogP contribution in [0.2, 0.25) is 5.02 Å². The third kappa shape index (κ3) is 2.68. The Bertz CT molecular complexity index is 781. The molecule has 1 heterocycles. The van der Waals surface area contributed by atoms with Gasteiger partial charge in [-0.3, -0.25) is 5.32 Å². The van der Waals surface area contributed by atoms with Gasteiger partial charge in [0, 0.05) is 5.69 Å². The summed E-state index contributed by atoms with van der Waals surface area (Å²) in [4.78, 5) is 15.6. The molecule has 3 rings (SSSR count). The number of rotatable bonds is 2. The van der Waals surface area contributed by atoms with Crippen LogP contribution in [0, 0.1) is 0 Å². The topological polar surface area (TPSA) is 64.4 Å². The number of benzene rings is 2. The van der Waals surface area contributed by atoms with Gasteiger partial charge in [0.2, 0.25) is 5.89 Å². The Labute approximate surface area is 125 Å². The number of anilines is 1. The number of halogens is 1. The number of hydrogen-bond acceptors (Lipinski definition) is 4. The predicted octanol–water partition coefficient (Wildman–Crippen LogP) is 4.33. The molecule has 21 heavy (non-hydrogen) atoms. The summed E-state index contributed by atoms with van der Waals surface area (Å²) in [6.45, 7) is 0. The fourth-order valence-electron chi connectivity index (χ4n) is 1.92. The second-order valence-electron chi connectivity index (χ2n) is 4.30.